The maximum Gasteiger partial charge on any atom is 0.264 e. The first kappa shape index (κ1) is 17.3. The number of carbonyl (C=O) groups is 1. The maximum absolute atomic E-state index is 13.2. The van der Waals surface area contributed by atoms with Crippen LogP contribution in [0, 0.1) is 13.8 Å². The highest BCUT2D eigenvalue weighted by atomic mass is 32.2. The molecule has 1 N–H and O–H groups in total. The Balaban J connectivity index is 2.09. The minimum Gasteiger partial charge on any atom is -0.482 e. The van der Waals surface area contributed by atoms with Gasteiger partial charge in [-0.3, -0.25) is 9.10 Å². The molecule has 7 heteroatoms. The van der Waals surface area contributed by atoms with E-state index in [2.05, 4.69) is 5.32 Å². The molecule has 6 nitrogen and oxygen atoms in total. The molecule has 0 saturated heterocycles. The van der Waals surface area contributed by atoms with Gasteiger partial charge in [0.15, 0.2) is 6.61 Å². The number of carbonyl (C=O) groups excluding carboxylic acids is 1. The molecule has 1 amide bonds. The molecule has 0 saturated carbocycles. The van der Waals surface area contributed by atoms with Crippen molar-refractivity contribution in [3.8, 4) is 5.75 Å². The molecule has 0 spiro atoms. The van der Waals surface area contributed by atoms with Crippen LogP contribution in [-0.2, 0) is 14.8 Å². The number of hydrogen-bond donors (Lipinski definition) is 1. The van der Waals surface area contributed by atoms with E-state index in [-0.39, 0.29) is 17.4 Å². The molecule has 2 aromatic rings. The third-order valence-corrected chi connectivity index (χ3v) is 6.10. The van der Waals surface area contributed by atoms with E-state index < -0.39 is 10.0 Å². The largest absolute Gasteiger partial charge is 0.482 e. The fraction of sp³-hybridized carbons (Fsp3) is 0.278. The van der Waals surface area contributed by atoms with Gasteiger partial charge in [-0.05, 0) is 50.1 Å². The Morgan fingerprint density at radius 3 is 2.64 bits per heavy atom. The molecule has 0 aliphatic carbocycles. The van der Waals surface area contributed by atoms with Gasteiger partial charge in [0.1, 0.15) is 5.75 Å². The maximum atomic E-state index is 13.2. The SMILES string of the molecule is CCN(c1cccc(C)c1)S(=O)(=O)c1cc2c(cc1C)NC(=O)CO2. The number of ether oxygens (including phenoxy) is 1. The Kier molecular flexibility index (Phi) is 4.43. The van der Waals surface area contributed by atoms with Gasteiger partial charge < -0.3 is 10.1 Å². The second-order valence-electron chi connectivity index (χ2n) is 5.96. The molecular formula is C18H20N2O4S. The van der Waals surface area contributed by atoms with Gasteiger partial charge in [0, 0.05) is 12.6 Å². The third-order valence-electron chi connectivity index (χ3n) is 4.05. The fourth-order valence-corrected chi connectivity index (χ4v) is 4.58. The Bertz CT molecular complexity index is 938. The second kappa shape index (κ2) is 6.40. The lowest BCUT2D eigenvalue weighted by atomic mass is 10.2. The summed E-state index contributed by atoms with van der Waals surface area (Å²) < 4.78 is 33.2. The van der Waals surface area contributed by atoms with Gasteiger partial charge in [-0.15, -0.1) is 0 Å². The molecule has 0 radical (unpaired) electrons. The predicted molar refractivity (Wildman–Crippen MR) is 96.7 cm³/mol. The average molecular weight is 360 g/mol. The normalized spacial score (nSPS) is 13.6. The van der Waals surface area contributed by atoms with Crippen molar-refractivity contribution in [2.45, 2.75) is 25.7 Å². The van der Waals surface area contributed by atoms with E-state index in [1.54, 1.807) is 26.0 Å². The van der Waals surface area contributed by atoms with Crippen LogP contribution in [0.1, 0.15) is 18.1 Å². The van der Waals surface area contributed by atoms with Crippen LogP contribution in [0.15, 0.2) is 41.3 Å². The van der Waals surface area contributed by atoms with Gasteiger partial charge in [0.25, 0.3) is 15.9 Å². The lowest BCUT2D eigenvalue weighted by molar-refractivity contribution is -0.118. The first-order valence-electron chi connectivity index (χ1n) is 7.99. The van der Waals surface area contributed by atoms with Crippen molar-refractivity contribution < 1.29 is 17.9 Å². The number of aryl methyl sites for hydroxylation is 2. The number of fused-ring (bicyclic) bond motifs is 1. The Morgan fingerprint density at radius 2 is 1.96 bits per heavy atom. The van der Waals surface area contributed by atoms with Crippen LogP contribution >= 0.6 is 0 Å². The second-order valence-corrected chi connectivity index (χ2v) is 7.79. The van der Waals surface area contributed by atoms with Gasteiger partial charge in [-0.2, -0.15) is 0 Å². The Hall–Kier alpha value is -2.54. The fourth-order valence-electron chi connectivity index (χ4n) is 2.89. The number of nitrogens with zero attached hydrogens (tertiary/aromatic N) is 1. The first-order chi connectivity index (χ1) is 11.8. The van der Waals surface area contributed by atoms with Crippen LogP contribution in [0.5, 0.6) is 5.75 Å². The zero-order chi connectivity index (χ0) is 18.2. The van der Waals surface area contributed by atoms with Gasteiger partial charge in [0.2, 0.25) is 0 Å². The van der Waals surface area contributed by atoms with E-state index in [1.165, 1.54) is 10.4 Å². The van der Waals surface area contributed by atoms with Gasteiger partial charge in [-0.25, -0.2) is 8.42 Å². The Morgan fingerprint density at radius 1 is 1.20 bits per heavy atom. The summed E-state index contributed by atoms with van der Waals surface area (Å²) in [5, 5.41) is 2.69. The number of rotatable bonds is 4. The minimum absolute atomic E-state index is 0.120. The first-order valence-corrected chi connectivity index (χ1v) is 9.43. The molecule has 1 heterocycles. The van der Waals surface area contributed by atoms with Crippen LogP contribution in [-0.4, -0.2) is 27.5 Å². The standard InChI is InChI=1S/C18H20N2O4S/c1-4-20(14-7-5-6-12(2)8-14)25(22,23)17-10-16-15(9-13(17)3)19-18(21)11-24-16/h5-10H,4,11H2,1-3H3,(H,19,21). The highest BCUT2D eigenvalue weighted by molar-refractivity contribution is 7.92. The Labute approximate surface area is 147 Å². The third kappa shape index (κ3) is 3.19. The molecule has 1 aliphatic heterocycles. The summed E-state index contributed by atoms with van der Waals surface area (Å²) in [7, 11) is -3.76. The van der Waals surface area contributed by atoms with E-state index in [4.69, 9.17) is 4.74 Å². The van der Waals surface area contributed by atoms with Crippen LogP contribution in [0.4, 0.5) is 11.4 Å². The lowest BCUT2D eigenvalue weighted by Gasteiger charge is -2.26. The molecule has 132 valence electrons. The van der Waals surface area contributed by atoms with Crippen LogP contribution in [0.2, 0.25) is 0 Å². The molecule has 0 atom stereocenters. The average Bonchev–Trinajstić information content (AvgIpc) is 2.54. The summed E-state index contributed by atoms with van der Waals surface area (Å²) in [6, 6.07) is 10.5. The molecule has 3 rings (SSSR count). The number of amides is 1. The van der Waals surface area contributed by atoms with E-state index in [0.717, 1.165) is 5.56 Å². The van der Waals surface area contributed by atoms with Crippen molar-refractivity contribution in [1.29, 1.82) is 0 Å². The zero-order valence-corrected chi connectivity index (χ0v) is 15.2. The van der Waals surface area contributed by atoms with Crippen molar-refractivity contribution in [3.05, 3.63) is 47.5 Å². The molecule has 0 fully saturated rings. The quantitative estimate of drug-likeness (QED) is 0.910. The van der Waals surface area contributed by atoms with Gasteiger partial charge in [-0.1, -0.05) is 12.1 Å². The summed E-state index contributed by atoms with van der Waals surface area (Å²) in [6.45, 7) is 5.61. The van der Waals surface area contributed by atoms with E-state index in [0.29, 0.717) is 29.2 Å². The highest BCUT2D eigenvalue weighted by Crippen LogP contribution is 2.35. The predicted octanol–water partition coefficient (Wildman–Crippen LogP) is 2.85. The summed E-state index contributed by atoms with van der Waals surface area (Å²) in [5.41, 5.74) is 2.65. The summed E-state index contributed by atoms with van der Waals surface area (Å²) in [5.74, 6) is 0.113. The molecule has 0 bridgehead atoms. The number of nitrogens with one attached hydrogen (secondary N) is 1. The topological polar surface area (TPSA) is 75.7 Å². The van der Waals surface area contributed by atoms with Crippen molar-refractivity contribution in [2.75, 3.05) is 22.8 Å². The van der Waals surface area contributed by atoms with Crippen molar-refractivity contribution in [3.63, 3.8) is 0 Å². The van der Waals surface area contributed by atoms with Crippen molar-refractivity contribution >= 4 is 27.3 Å². The minimum atomic E-state index is -3.76. The molecule has 25 heavy (non-hydrogen) atoms. The monoisotopic (exact) mass is 360 g/mol. The van der Waals surface area contributed by atoms with E-state index >= 15 is 0 Å². The number of hydrogen-bond acceptors (Lipinski definition) is 4. The smallest absolute Gasteiger partial charge is 0.264 e. The molecule has 0 aromatic heterocycles. The van der Waals surface area contributed by atoms with Crippen LogP contribution in [0.3, 0.4) is 0 Å². The van der Waals surface area contributed by atoms with Crippen molar-refractivity contribution in [1.82, 2.24) is 0 Å². The van der Waals surface area contributed by atoms with Crippen LogP contribution < -0.4 is 14.4 Å². The molecule has 1 aliphatic rings. The van der Waals surface area contributed by atoms with Gasteiger partial charge >= 0.3 is 0 Å². The molecular weight excluding hydrogens is 340 g/mol. The van der Waals surface area contributed by atoms with Gasteiger partial charge in [0.05, 0.1) is 16.3 Å². The van der Waals surface area contributed by atoms with E-state index in [9.17, 15) is 13.2 Å². The van der Waals surface area contributed by atoms with E-state index in [1.807, 2.05) is 25.1 Å². The summed E-state index contributed by atoms with van der Waals surface area (Å²) in [6.07, 6.45) is 0. The number of sulfonamides is 1. The summed E-state index contributed by atoms with van der Waals surface area (Å²) in [4.78, 5) is 11.6. The number of anilines is 2. The molecule has 2 aromatic carbocycles. The zero-order valence-electron chi connectivity index (χ0n) is 14.4. The molecule has 0 unspecified atom stereocenters. The van der Waals surface area contributed by atoms with Crippen LogP contribution in [0.25, 0.3) is 0 Å². The summed E-state index contributed by atoms with van der Waals surface area (Å²) >= 11 is 0. The lowest BCUT2D eigenvalue weighted by Crippen LogP contribution is -2.32. The van der Waals surface area contributed by atoms with Crippen molar-refractivity contribution in [2.24, 2.45) is 0 Å². The number of benzene rings is 2. The highest BCUT2D eigenvalue weighted by Gasteiger charge is 2.28.